The first kappa shape index (κ1) is 23.1. The van der Waals surface area contributed by atoms with Crippen LogP contribution in [0.2, 0.25) is 0 Å². The van der Waals surface area contributed by atoms with Crippen LogP contribution in [0.4, 0.5) is 0 Å². The number of rotatable bonds is 7. The highest BCUT2D eigenvalue weighted by Gasteiger charge is 2.16. The molecule has 34 heavy (non-hydrogen) atoms. The first-order valence-corrected chi connectivity index (χ1v) is 13.0. The number of benzene rings is 3. The Balaban J connectivity index is 1.49. The van der Waals surface area contributed by atoms with Crippen LogP contribution in [0.15, 0.2) is 65.1 Å². The standard InChI is InChI=1S/C29H32BrN3O/c1-21-10-11-23(18-22(21)2)29-31-27-13-12-25(34-17-16-32-14-6-3-7-15-32)19-28(27)33(29)20-24-8-4-5-9-26(24)30/h4-5,8-13,18-19H,3,6-7,14-17,20H2,1-2H3. The number of likely N-dealkylation sites (tertiary alicyclic amines) is 1. The zero-order valence-corrected chi connectivity index (χ0v) is 21.6. The number of fused-ring (bicyclic) bond motifs is 1. The largest absolute Gasteiger partial charge is 0.492 e. The SMILES string of the molecule is Cc1ccc(-c2nc3ccc(OCCN4CCCCC4)cc3n2Cc2ccccc2Br)cc1C. The number of hydrogen-bond donors (Lipinski definition) is 0. The lowest BCUT2D eigenvalue weighted by Gasteiger charge is -2.26. The number of ether oxygens (including phenoxy) is 1. The van der Waals surface area contributed by atoms with Gasteiger partial charge in [0, 0.05) is 22.6 Å². The molecule has 0 bridgehead atoms. The zero-order chi connectivity index (χ0) is 23.5. The highest BCUT2D eigenvalue weighted by Crippen LogP contribution is 2.31. The van der Waals surface area contributed by atoms with E-state index in [4.69, 9.17) is 9.72 Å². The van der Waals surface area contributed by atoms with E-state index in [0.29, 0.717) is 6.61 Å². The maximum absolute atomic E-state index is 6.20. The number of aromatic nitrogens is 2. The summed E-state index contributed by atoms with van der Waals surface area (Å²) in [5.74, 6) is 1.89. The van der Waals surface area contributed by atoms with Crippen LogP contribution in [0.1, 0.15) is 36.0 Å². The third-order valence-corrected chi connectivity index (χ3v) is 7.67. The maximum atomic E-state index is 6.20. The minimum absolute atomic E-state index is 0.716. The Hall–Kier alpha value is -2.63. The molecule has 1 aliphatic heterocycles. The van der Waals surface area contributed by atoms with Crippen molar-refractivity contribution in [1.29, 1.82) is 0 Å². The fraction of sp³-hybridized carbons (Fsp3) is 0.345. The molecule has 4 nitrogen and oxygen atoms in total. The Morgan fingerprint density at radius 1 is 0.912 bits per heavy atom. The first-order chi connectivity index (χ1) is 16.6. The molecule has 0 amide bonds. The maximum Gasteiger partial charge on any atom is 0.141 e. The molecular weight excluding hydrogens is 486 g/mol. The van der Waals surface area contributed by atoms with Crippen molar-refractivity contribution >= 4 is 27.0 Å². The van der Waals surface area contributed by atoms with Gasteiger partial charge in [0.15, 0.2) is 0 Å². The molecule has 2 heterocycles. The average Bonchev–Trinajstić information content (AvgIpc) is 3.20. The minimum Gasteiger partial charge on any atom is -0.492 e. The van der Waals surface area contributed by atoms with Gasteiger partial charge < -0.3 is 9.30 Å². The summed E-state index contributed by atoms with van der Waals surface area (Å²) in [5, 5.41) is 0. The molecule has 4 aromatic rings. The van der Waals surface area contributed by atoms with Gasteiger partial charge in [0.05, 0.1) is 17.6 Å². The quantitative estimate of drug-likeness (QED) is 0.264. The van der Waals surface area contributed by atoms with Gasteiger partial charge in [0.25, 0.3) is 0 Å². The van der Waals surface area contributed by atoms with Gasteiger partial charge in [-0.25, -0.2) is 4.98 Å². The number of halogens is 1. The van der Waals surface area contributed by atoms with E-state index in [9.17, 15) is 0 Å². The topological polar surface area (TPSA) is 30.3 Å². The predicted octanol–water partition coefficient (Wildman–Crippen LogP) is 7.00. The van der Waals surface area contributed by atoms with Gasteiger partial charge in [-0.1, -0.05) is 52.7 Å². The van der Waals surface area contributed by atoms with Crippen LogP contribution < -0.4 is 4.74 Å². The highest BCUT2D eigenvalue weighted by molar-refractivity contribution is 9.10. The summed E-state index contributed by atoms with van der Waals surface area (Å²) in [6, 6.07) is 21.3. The molecule has 0 saturated carbocycles. The van der Waals surface area contributed by atoms with Crippen LogP contribution in [0.3, 0.4) is 0 Å². The molecule has 1 fully saturated rings. The summed E-state index contributed by atoms with van der Waals surface area (Å²) < 4.78 is 9.63. The highest BCUT2D eigenvalue weighted by atomic mass is 79.9. The number of hydrogen-bond acceptors (Lipinski definition) is 3. The van der Waals surface area contributed by atoms with Gasteiger partial charge in [0.1, 0.15) is 18.2 Å². The van der Waals surface area contributed by atoms with Crippen molar-refractivity contribution in [3.8, 4) is 17.1 Å². The molecule has 0 N–H and O–H groups in total. The predicted molar refractivity (Wildman–Crippen MR) is 144 cm³/mol. The second-order valence-electron chi connectivity index (χ2n) is 9.31. The van der Waals surface area contributed by atoms with E-state index in [1.807, 2.05) is 0 Å². The molecule has 0 atom stereocenters. The van der Waals surface area contributed by atoms with Crippen LogP contribution in [0.25, 0.3) is 22.4 Å². The molecule has 0 radical (unpaired) electrons. The molecule has 0 spiro atoms. The summed E-state index contributed by atoms with van der Waals surface area (Å²) in [4.78, 5) is 7.57. The normalized spacial score (nSPS) is 14.6. The van der Waals surface area contributed by atoms with Crippen LogP contribution in [-0.4, -0.2) is 40.7 Å². The summed E-state index contributed by atoms with van der Waals surface area (Å²) >= 11 is 3.73. The fourth-order valence-electron chi connectivity index (χ4n) is 4.73. The van der Waals surface area contributed by atoms with E-state index in [1.165, 1.54) is 49.0 Å². The van der Waals surface area contributed by atoms with Crippen LogP contribution in [0.5, 0.6) is 5.75 Å². The van der Waals surface area contributed by atoms with Crippen molar-refractivity contribution in [2.75, 3.05) is 26.2 Å². The Kier molecular flexibility index (Phi) is 7.02. The van der Waals surface area contributed by atoms with Gasteiger partial charge in [0.2, 0.25) is 0 Å². The Bertz CT molecular complexity index is 1290. The molecule has 5 heteroatoms. The average molecular weight is 518 g/mol. The third kappa shape index (κ3) is 5.06. The molecular formula is C29H32BrN3O. The number of aryl methyl sites for hydroxylation is 2. The van der Waals surface area contributed by atoms with Crippen LogP contribution in [0, 0.1) is 13.8 Å². The second kappa shape index (κ2) is 10.3. The molecule has 1 saturated heterocycles. The van der Waals surface area contributed by atoms with Crippen molar-refractivity contribution < 1.29 is 4.74 Å². The van der Waals surface area contributed by atoms with E-state index in [-0.39, 0.29) is 0 Å². The number of nitrogens with zero attached hydrogens (tertiary/aromatic N) is 3. The lowest BCUT2D eigenvalue weighted by atomic mass is 10.1. The van der Waals surface area contributed by atoms with E-state index in [0.717, 1.165) is 45.7 Å². The fourth-order valence-corrected chi connectivity index (χ4v) is 5.14. The summed E-state index contributed by atoms with van der Waals surface area (Å²) in [6.07, 6.45) is 3.97. The first-order valence-electron chi connectivity index (χ1n) is 12.2. The Morgan fingerprint density at radius 3 is 2.53 bits per heavy atom. The lowest BCUT2D eigenvalue weighted by molar-refractivity contribution is 0.183. The number of piperidine rings is 1. The van der Waals surface area contributed by atoms with E-state index >= 15 is 0 Å². The Labute approximate surface area is 210 Å². The third-order valence-electron chi connectivity index (χ3n) is 6.90. The van der Waals surface area contributed by atoms with E-state index in [1.54, 1.807) is 0 Å². The van der Waals surface area contributed by atoms with Gasteiger partial charge in [-0.2, -0.15) is 0 Å². The lowest BCUT2D eigenvalue weighted by Crippen LogP contribution is -2.33. The van der Waals surface area contributed by atoms with Crippen LogP contribution >= 0.6 is 15.9 Å². The van der Waals surface area contributed by atoms with Gasteiger partial charge in [-0.3, -0.25) is 4.90 Å². The molecule has 1 aliphatic rings. The molecule has 5 rings (SSSR count). The molecule has 3 aromatic carbocycles. The Morgan fingerprint density at radius 2 is 1.74 bits per heavy atom. The molecule has 1 aromatic heterocycles. The van der Waals surface area contributed by atoms with Crippen molar-refractivity contribution in [3.63, 3.8) is 0 Å². The summed E-state index contributed by atoms with van der Waals surface area (Å²) in [5.41, 5.74) is 7.02. The van der Waals surface area contributed by atoms with Crippen LogP contribution in [-0.2, 0) is 6.54 Å². The minimum atomic E-state index is 0.716. The van der Waals surface area contributed by atoms with Crippen molar-refractivity contribution in [3.05, 3.63) is 81.8 Å². The summed E-state index contributed by atoms with van der Waals surface area (Å²) in [6.45, 7) is 9.14. The number of imidazole rings is 1. The molecule has 0 aliphatic carbocycles. The summed E-state index contributed by atoms with van der Waals surface area (Å²) in [7, 11) is 0. The second-order valence-corrected chi connectivity index (χ2v) is 10.2. The van der Waals surface area contributed by atoms with Crippen molar-refractivity contribution in [1.82, 2.24) is 14.5 Å². The zero-order valence-electron chi connectivity index (χ0n) is 20.1. The van der Waals surface area contributed by atoms with Gasteiger partial charge in [-0.05, 0) is 80.7 Å². The van der Waals surface area contributed by atoms with Crippen molar-refractivity contribution in [2.24, 2.45) is 0 Å². The van der Waals surface area contributed by atoms with E-state index in [2.05, 4.69) is 99.9 Å². The molecule has 176 valence electrons. The van der Waals surface area contributed by atoms with Gasteiger partial charge in [-0.15, -0.1) is 0 Å². The van der Waals surface area contributed by atoms with Crippen molar-refractivity contribution in [2.45, 2.75) is 39.7 Å². The molecule has 0 unspecified atom stereocenters. The van der Waals surface area contributed by atoms with E-state index < -0.39 is 0 Å². The monoisotopic (exact) mass is 517 g/mol. The smallest absolute Gasteiger partial charge is 0.141 e. The van der Waals surface area contributed by atoms with Gasteiger partial charge >= 0.3 is 0 Å².